The molecule has 1 aliphatic rings. The molecule has 0 unspecified atom stereocenters. The summed E-state index contributed by atoms with van der Waals surface area (Å²) in [6.45, 7) is 0. The number of aromatic amines is 1. The van der Waals surface area contributed by atoms with Crippen molar-refractivity contribution in [2.45, 2.75) is 19.3 Å². The van der Waals surface area contributed by atoms with Crippen LogP contribution in [-0.4, -0.2) is 14.9 Å². The van der Waals surface area contributed by atoms with Gasteiger partial charge in [-0.1, -0.05) is 12.1 Å². The molecule has 1 aliphatic carbocycles. The minimum Gasteiger partial charge on any atom is -0.294 e. The number of halogens is 1. The normalized spacial score (nSPS) is 13.9. The SMILES string of the molecule is Cn1c(=O)c2c(-c3ccc(F)cc3)c3c([nH+]c2n(C)c1=O)CCCC3=O. The number of pyridine rings is 1. The number of carbonyl (C=O) groups is 1. The molecule has 3 aromatic rings. The summed E-state index contributed by atoms with van der Waals surface area (Å²) in [6.07, 6.45) is 1.75. The molecule has 6 nitrogen and oxygen atoms in total. The maximum Gasteiger partial charge on any atom is 0.417 e. The summed E-state index contributed by atoms with van der Waals surface area (Å²) in [6, 6.07) is 5.70. The van der Waals surface area contributed by atoms with Gasteiger partial charge in [0.1, 0.15) is 16.9 Å². The van der Waals surface area contributed by atoms with Crippen molar-refractivity contribution in [1.29, 1.82) is 0 Å². The molecule has 0 bridgehead atoms. The Morgan fingerprint density at radius 1 is 0.962 bits per heavy atom. The molecule has 1 aromatic carbocycles. The number of ketones is 1. The van der Waals surface area contributed by atoms with Gasteiger partial charge in [0.25, 0.3) is 11.2 Å². The van der Waals surface area contributed by atoms with E-state index < -0.39 is 17.1 Å². The first-order valence-electron chi connectivity index (χ1n) is 8.37. The van der Waals surface area contributed by atoms with Gasteiger partial charge in [-0.3, -0.25) is 9.59 Å². The number of aryl methyl sites for hydroxylation is 2. The van der Waals surface area contributed by atoms with Gasteiger partial charge >= 0.3 is 5.69 Å². The van der Waals surface area contributed by atoms with Crippen molar-refractivity contribution in [3.63, 3.8) is 0 Å². The van der Waals surface area contributed by atoms with Gasteiger partial charge in [0, 0.05) is 25.5 Å². The van der Waals surface area contributed by atoms with Crippen molar-refractivity contribution in [2.75, 3.05) is 0 Å². The Hall–Kier alpha value is -3.09. The molecule has 0 radical (unpaired) electrons. The Kier molecular flexibility index (Phi) is 3.61. The fourth-order valence-electron chi connectivity index (χ4n) is 3.65. The molecular weight excluding hydrogens is 337 g/mol. The van der Waals surface area contributed by atoms with E-state index in [1.54, 1.807) is 19.2 Å². The van der Waals surface area contributed by atoms with Gasteiger partial charge in [-0.2, -0.15) is 4.57 Å². The van der Waals surface area contributed by atoms with Crippen LogP contribution in [0.5, 0.6) is 0 Å². The Labute approximate surface area is 147 Å². The zero-order valence-electron chi connectivity index (χ0n) is 14.4. The zero-order chi connectivity index (χ0) is 18.6. The van der Waals surface area contributed by atoms with E-state index in [0.29, 0.717) is 47.3 Å². The lowest BCUT2D eigenvalue weighted by Crippen LogP contribution is -2.41. The number of H-pyrrole nitrogens is 1. The van der Waals surface area contributed by atoms with Gasteiger partial charge in [0.15, 0.2) is 5.78 Å². The maximum atomic E-state index is 13.4. The van der Waals surface area contributed by atoms with Crippen LogP contribution in [0.1, 0.15) is 28.9 Å². The number of nitrogens with zero attached hydrogens (tertiary/aromatic N) is 2. The van der Waals surface area contributed by atoms with Gasteiger partial charge in [-0.05, 0) is 24.1 Å². The van der Waals surface area contributed by atoms with Crippen molar-refractivity contribution in [1.82, 2.24) is 9.13 Å². The largest absolute Gasteiger partial charge is 0.417 e. The predicted molar refractivity (Wildman–Crippen MR) is 93.6 cm³/mol. The van der Waals surface area contributed by atoms with E-state index in [0.717, 1.165) is 4.57 Å². The molecule has 0 fully saturated rings. The van der Waals surface area contributed by atoms with Gasteiger partial charge in [-0.25, -0.2) is 18.7 Å². The monoisotopic (exact) mass is 354 g/mol. The standard InChI is InChI=1S/C19H16FN3O3/c1-22-17-16(18(25)23(2)19(22)26)14(10-6-8-11(20)9-7-10)15-12(21-17)4-3-5-13(15)24/h6-9H,3-5H2,1-2H3/p+1. The highest BCUT2D eigenvalue weighted by molar-refractivity contribution is 6.09. The molecule has 7 heteroatoms. The highest BCUT2D eigenvalue weighted by Crippen LogP contribution is 2.33. The average molecular weight is 354 g/mol. The van der Waals surface area contributed by atoms with E-state index in [-0.39, 0.29) is 11.2 Å². The molecule has 0 spiro atoms. The first kappa shape index (κ1) is 16.4. The number of Topliss-reactive ketones (excluding diaryl/α,β-unsaturated/α-hetero) is 1. The molecule has 4 rings (SSSR count). The average Bonchev–Trinajstić information content (AvgIpc) is 2.64. The molecule has 0 saturated heterocycles. The fourth-order valence-corrected chi connectivity index (χ4v) is 3.65. The third kappa shape index (κ3) is 2.23. The Bertz CT molecular complexity index is 1190. The summed E-state index contributed by atoms with van der Waals surface area (Å²) in [5.41, 5.74) is 1.64. The highest BCUT2D eigenvalue weighted by atomic mass is 19.1. The Balaban J connectivity index is 2.28. The number of aromatic nitrogens is 3. The quantitative estimate of drug-likeness (QED) is 0.662. The molecule has 2 aromatic heterocycles. The van der Waals surface area contributed by atoms with E-state index >= 15 is 0 Å². The maximum absolute atomic E-state index is 13.4. The van der Waals surface area contributed by atoms with Crippen molar-refractivity contribution >= 4 is 16.8 Å². The first-order chi connectivity index (χ1) is 12.4. The smallest absolute Gasteiger partial charge is 0.294 e. The third-order valence-electron chi connectivity index (χ3n) is 4.98. The van der Waals surface area contributed by atoms with Crippen LogP contribution in [0.25, 0.3) is 22.2 Å². The molecule has 0 saturated carbocycles. The minimum absolute atomic E-state index is 0.0559. The van der Waals surface area contributed by atoms with Gasteiger partial charge in [-0.15, -0.1) is 0 Å². The fraction of sp³-hybridized carbons (Fsp3) is 0.263. The molecule has 26 heavy (non-hydrogen) atoms. The number of hydrogen-bond acceptors (Lipinski definition) is 3. The Morgan fingerprint density at radius 2 is 1.65 bits per heavy atom. The van der Waals surface area contributed by atoms with Gasteiger partial charge in [0.2, 0.25) is 0 Å². The van der Waals surface area contributed by atoms with E-state index in [1.165, 1.54) is 23.7 Å². The van der Waals surface area contributed by atoms with E-state index in [9.17, 15) is 18.8 Å². The van der Waals surface area contributed by atoms with Crippen LogP contribution < -0.4 is 16.2 Å². The lowest BCUT2D eigenvalue weighted by molar-refractivity contribution is -0.363. The summed E-state index contributed by atoms with van der Waals surface area (Å²) >= 11 is 0. The summed E-state index contributed by atoms with van der Waals surface area (Å²) in [5, 5.41) is 0.259. The molecule has 1 N–H and O–H groups in total. The van der Waals surface area contributed by atoms with Crippen molar-refractivity contribution in [3.05, 3.63) is 62.2 Å². The third-order valence-corrected chi connectivity index (χ3v) is 4.98. The van der Waals surface area contributed by atoms with Crippen LogP contribution in [-0.2, 0) is 20.5 Å². The predicted octanol–water partition coefficient (Wildman–Crippen LogP) is 1.38. The summed E-state index contributed by atoms with van der Waals surface area (Å²) in [7, 11) is 2.98. The molecule has 0 aliphatic heterocycles. The minimum atomic E-state index is -0.486. The molecular formula is C19H17FN3O3+. The highest BCUT2D eigenvalue weighted by Gasteiger charge is 2.31. The van der Waals surface area contributed by atoms with Crippen LogP contribution in [0.4, 0.5) is 4.39 Å². The lowest BCUT2D eigenvalue weighted by Gasteiger charge is -2.18. The second-order valence-electron chi connectivity index (χ2n) is 6.57. The van der Waals surface area contributed by atoms with E-state index in [4.69, 9.17) is 0 Å². The van der Waals surface area contributed by atoms with Crippen LogP contribution in [0.3, 0.4) is 0 Å². The van der Waals surface area contributed by atoms with Crippen molar-refractivity contribution in [3.8, 4) is 11.1 Å². The number of nitrogens with one attached hydrogen (secondary N) is 1. The Morgan fingerprint density at radius 3 is 2.35 bits per heavy atom. The van der Waals surface area contributed by atoms with Crippen LogP contribution in [0.2, 0.25) is 0 Å². The lowest BCUT2D eigenvalue weighted by atomic mass is 9.86. The first-order valence-corrected chi connectivity index (χ1v) is 8.37. The van der Waals surface area contributed by atoms with Crippen molar-refractivity contribution < 1.29 is 14.2 Å². The van der Waals surface area contributed by atoms with Crippen LogP contribution >= 0.6 is 0 Å². The van der Waals surface area contributed by atoms with Crippen LogP contribution in [0, 0.1) is 5.82 Å². The van der Waals surface area contributed by atoms with E-state index in [1.807, 2.05) is 0 Å². The summed E-state index contributed by atoms with van der Waals surface area (Å²) in [4.78, 5) is 41.0. The number of benzene rings is 1. The topological polar surface area (TPSA) is 75.2 Å². The molecule has 2 heterocycles. The zero-order valence-corrected chi connectivity index (χ0v) is 14.4. The molecule has 0 atom stereocenters. The van der Waals surface area contributed by atoms with Crippen molar-refractivity contribution in [2.24, 2.45) is 14.1 Å². The number of carbonyl (C=O) groups excluding carboxylic acids is 1. The number of rotatable bonds is 1. The summed E-state index contributed by atoms with van der Waals surface area (Å²) < 4.78 is 15.8. The van der Waals surface area contributed by atoms with E-state index in [2.05, 4.69) is 4.98 Å². The van der Waals surface area contributed by atoms with Gasteiger partial charge in [0.05, 0.1) is 12.6 Å². The molecule has 0 amide bonds. The second kappa shape index (κ2) is 5.72. The van der Waals surface area contributed by atoms with Gasteiger partial charge < -0.3 is 0 Å². The summed E-state index contributed by atoms with van der Waals surface area (Å²) in [5.74, 6) is -0.458. The number of hydrogen-bond donors (Lipinski definition) is 0. The molecule has 132 valence electrons. The number of fused-ring (bicyclic) bond motifs is 2. The second-order valence-corrected chi connectivity index (χ2v) is 6.57. The van der Waals surface area contributed by atoms with Crippen LogP contribution in [0.15, 0.2) is 33.9 Å².